The number of aromatic amines is 1. The maximum absolute atomic E-state index is 11.7. The molecule has 96 valence electrons. The minimum atomic E-state index is -0.0880. The van der Waals surface area contributed by atoms with Gasteiger partial charge in [0.2, 0.25) is 0 Å². The van der Waals surface area contributed by atoms with Gasteiger partial charge in [-0.05, 0) is 44.8 Å². The van der Waals surface area contributed by atoms with Gasteiger partial charge in [-0.25, -0.2) is 0 Å². The molecule has 3 N–H and O–H groups in total. The Hall–Kier alpha value is -1.07. The van der Waals surface area contributed by atoms with Crippen LogP contribution in [0.25, 0.3) is 0 Å². The molecule has 0 radical (unpaired) electrons. The average molecular weight is 259 g/mol. The molecule has 0 aliphatic carbocycles. The van der Waals surface area contributed by atoms with Gasteiger partial charge in [-0.3, -0.25) is 9.89 Å². The second kappa shape index (κ2) is 6.61. The molecule has 6 heteroatoms. The summed E-state index contributed by atoms with van der Waals surface area (Å²) in [6, 6.07) is 1.76. The number of aromatic nitrogens is 2. The number of aryl methyl sites for hydroxylation is 1. The van der Waals surface area contributed by atoms with E-state index in [0.717, 1.165) is 25.3 Å². The molecule has 17 heavy (non-hydrogen) atoms. The van der Waals surface area contributed by atoms with Crippen LogP contribution in [0.2, 0.25) is 0 Å². The summed E-state index contributed by atoms with van der Waals surface area (Å²) in [7, 11) is 0. The number of H-pyrrole nitrogens is 1. The lowest BCUT2D eigenvalue weighted by Gasteiger charge is -2.22. The molecule has 1 fully saturated rings. The first-order chi connectivity index (χ1) is 7.75. The monoisotopic (exact) mass is 258 g/mol. The largest absolute Gasteiger partial charge is 0.350 e. The van der Waals surface area contributed by atoms with Crippen LogP contribution in [0.1, 0.15) is 29.0 Å². The summed E-state index contributed by atoms with van der Waals surface area (Å²) >= 11 is 0. The first-order valence-electron chi connectivity index (χ1n) is 5.76. The molecule has 1 aromatic rings. The predicted octanol–water partition coefficient (Wildman–Crippen LogP) is 0.869. The van der Waals surface area contributed by atoms with Crippen LogP contribution in [-0.2, 0) is 0 Å². The quantitative estimate of drug-likeness (QED) is 0.754. The molecular weight excluding hydrogens is 240 g/mol. The number of amides is 1. The smallest absolute Gasteiger partial charge is 0.271 e. The lowest BCUT2D eigenvalue weighted by molar-refractivity contribution is 0.0940. The minimum absolute atomic E-state index is 0. The number of carbonyl (C=O) groups is 1. The normalized spacial score (nSPS) is 19.5. The zero-order chi connectivity index (χ0) is 11.4. The van der Waals surface area contributed by atoms with Crippen molar-refractivity contribution in [1.29, 1.82) is 0 Å². The van der Waals surface area contributed by atoms with Crippen LogP contribution in [0.3, 0.4) is 0 Å². The highest BCUT2D eigenvalue weighted by atomic mass is 35.5. The number of hydrogen-bond donors (Lipinski definition) is 3. The Kier molecular flexibility index (Phi) is 5.44. The Morgan fingerprint density at radius 2 is 2.47 bits per heavy atom. The molecular formula is C11H19ClN4O. The number of rotatable bonds is 3. The van der Waals surface area contributed by atoms with Crippen LogP contribution in [-0.4, -0.2) is 35.7 Å². The van der Waals surface area contributed by atoms with Gasteiger partial charge in [0.15, 0.2) is 0 Å². The van der Waals surface area contributed by atoms with E-state index in [1.165, 1.54) is 12.8 Å². The molecule has 0 spiro atoms. The van der Waals surface area contributed by atoms with Gasteiger partial charge in [0.25, 0.3) is 5.91 Å². The number of piperidine rings is 1. The lowest BCUT2D eigenvalue weighted by atomic mass is 10.00. The van der Waals surface area contributed by atoms with Gasteiger partial charge in [0, 0.05) is 12.2 Å². The van der Waals surface area contributed by atoms with Crippen molar-refractivity contribution >= 4 is 18.3 Å². The number of nitrogens with one attached hydrogen (secondary N) is 3. The maximum Gasteiger partial charge on any atom is 0.271 e. The van der Waals surface area contributed by atoms with E-state index in [2.05, 4.69) is 20.8 Å². The van der Waals surface area contributed by atoms with Gasteiger partial charge in [-0.2, -0.15) is 5.10 Å². The number of carbonyl (C=O) groups excluding carboxylic acids is 1. The highest BCUT2D eigenvalue weighted by molar-refractivity contribution is 5.92. The molecule has 0 bridgehead atoms. The second-order valence-corrected chi connectivity index (χ2v) is 4.36. The van der Waals surface area contributed by atoms with E-state index >= 15 is 0 Å². The third kappa shape index (κ3) is 4.02. The van der Waals surface area contributed by atoms with E-state index < -0.39 is 0 Å². The standard InChI is InChI=1S/C11H18N4O.ClH/c1-8-5-10(15-14-8)11(16)13-7-9-3-2-4-12-6-9;/h5,9,12H,2-4,6-7H2,1H3,(H,13,16)(H,14,15);1H. The highest BCUT2D eigenvalue weighted by Gasteiger charge is 2.15. The van der Waals surface area contributed by atoms with Crippen LogP contribution in [0.15, 0.2) is 6.07 Å². The zero-order valence-corrected chi connectivity index (χ0v) is 10.8. The molecule has 2 heterocycles. The van der Waals surface area contributed by atoms with Crippen molar-refractivity contribution in [3.05, 3.63) is 17.5 Å². The van der Waals surface area contributed by atoms with Crippen molar-refractivity contribution in [2.75, 3.05) is 19.6 Å². The van der Waals surface area contributed by atoms with Crippen molar-refractivity contribution < 1.29 is 4.79 Å². The fourth-order valence-corrected chi connectivity index (χ4v) is 1.96. The summed E-state index contributed by atoms with van der Waals surface area (Å²) < 4.78 is 0. The van der Waals surface area contributed by atoms with Crippen LogP contribution < -0.4 is 10.6 Å². The lowest BCUT2D eigenvalue weighted by Crippen LogP contribution is -2.38. The summed E-state index contributed by atoms with van der Waals surface area (Å²) in [5, 5.41) is 12.9. The Labute approximate surface area is 107 Å². The molecule has 1 atom stereocenters. The van der Waals surface area contributed by atoms with Gasteiger partial charge in [0.1, 0.15) is 5.69 Å². The maximum atomic E-state index is 11.7. The van der Waals surface area contributed by atoms with E-state index in [-0.39, 0.29) is 18.3 Å². The minimum Gasteiger partial charge on any atom is -0.350 e. The Bertz CT molecular complexity index is 360. The molecule has 5 nitrogen and oxygen atoms in total. The number of halogens is 1. The summed E-state index contributed by atoms with van der Waals surface area (Å²) in [6.45, 7) is 4.72. The van der Waals surface area contributed by atoms with E-state index in [1.807, 2.05) is 6.92 Å². The fraction of sp³-hybridized carbons (Fsp3) is 0.636. The van der Waals surface area contributed by atoms with E-state index in [4.69, 9.17) is 0 Å². The molecule has 0 aromatic carbocycles. The predicted molar refractivity (Wildman–Crippen MR) is 68.5 cm³/mol. The summed E-state index contributed by atoms with van der Waals surface area (Å²) in [5.74, 6) is 0.465. The topological polar surface area (TPSA) is 69.8 Å². The van der Waals surface area contributed by atoms with E-state index in [9.17, 15) is 4.79 Å². The molecule has 2 rings (SSSR count). The summed E-state index contributed by atoms with van der Waals surface area (Å²) in [4.78, 5) is 11.7. The van der Waals surface area contributed by atoms with Crippen LogP contribution in [0, 0.1) is 12.8 Å². The Morgan fingerprint density at radius 3 is 3.06 bits per heavy atom. The fourth-order valence-electron chi connectivity index (χ4n) is 1.96. The van der Waals surface area contributed by atoms with Crippen LogP contribution in [0.4, 0.5) is 0 Å². The molecule has 1 saturated heterocycles. The van der Waals surface area contributed by atoms with Crippen LogP contribution in [0.5, 0.6) is 0 Å². The van der Waals surface area contributed by atoms with Gasteiger partial charge >= 0.3 is 0 Å². The van der Waals surface area contributed by atoms with Crippen LogP contribution >= 0.6 is 12.4 Å². The second-order valence-electron chi connectivity index (χ2n) is 4.36. The average Bonchev–Trinajstić information content (AvgIpc) is 2.74. The van der Waals surface area contributed by atoms with E-state index in [1.54, 1.807) is 6.07 Å². The summed E-state index contributed by atoms with van der Waals surface area (Å²) in [5.41, 5.74) is 1.38. The van der Waals surface area contributed by atoms with Crippen molar-refractivity contribution in [3.63, 3.8) is 0 Å². The van der Waals surface area contributed by atoms with Gasteiger partial charge in [-0.15, -0.1) is 12.4 Å². The number of hydrogen-bond acceptors (Lipinski definition) is 3. The molecule has 1 amide bonds. The molecule has 1 aliphatic heterocycles. The van der Waals surface area contributed by atoms with E-state index in [0.29, 0.717) is 11.6 Å². The molecule has 1 unspecified atom stereocenters. The van der Waals surface area contributed by atoms with Gasteiger partial charge in [0.05, 0.1) is 0 Å². The van der Waals surface area contributed by atoms with Crippen molar-refractivity contribution in [3.8, 4) is 0 Å². The third-order valence-electron chi connectivity index (χ3n) is 2.89. The van der Waals surface area contributed by atoms with Crippen molar-refractivity contribution in [2.24, 2.45) is 5.92 Å². The molecule has 1 aliphatic rings. The van der Waals surface area contributed by atoms with Gasteiger partial charge < -0.3 is 10.6 Å². The van der Waals surface area contributed by atoms with Crippen molar-refractivity contribution in [1.82, 2.24) is 20.8 Å². The third-order valence-corrected chi connectivity index (χ3v) is 2.89. The highest BCUT2D eigenvalue weighted by Crippen LogP contribution is 2.08. The Balaban J connectivity index is 0.00000144. The summed E-state index contributed by atoms with van der Waals surface area (Å²) in [6.07, 6.45) is 2.38. The SMILES string of the molecule is Cc1cc(C(=O)NCC2CCCNC2)n[nH]1.Cl. The number of nitrogens with zero attached hydrogens (tertiary/aromatic N) is 1. The Morgan fingerprint density at radius 1 is 1.65 bits per heavy atom. The molecule has 1 aromatic heterocycles. The van der Waals surface area contributed by atoms with Gasteiger partial charge in [-0.1, -0.05) is 0 Å². The van der Waals surface area contributed by atoms with Crippen molar-refractivity contribution in [2.45, 2.75) is 19.8 Å². The first kappa shape index (κ1) is 14.0. The molecule has 0 saturated carbocycles. The zero-order valence-electron chi connectivity index (χ0n) is 9.95. The first-order valence-corrected chi connectivity index (χ1v) is 5.76.